The van der Waals surface area contributed by atoms with E-state index in [2.05, 4.69) is 15.4 Å². The van der Waals surface area contributed by atoms with E-state index < -0.39 is 11.2 Å². The van der Waals surface area contributed by atoms with E-state index in [1.807, 2.05) is 13.8 Å². The van der Waals surface area contributed by atoms with Crippen molar-refractivity contribution in [2.24, 2.45) is 0 Å². The molecule has 0 aromatic carbocycles. The molecule has 148 valence electrons. The normalized spacial score (nSPS) is 16.8. The zero-order valence-corrected chi connectivity index (χ0v) is 17.3. The fourth-order valence-corrected chi connectivity index (χ4v) is 4.73. The fraction of sp³-hybridized carbons (Fsp3) is 0.500. The Kier molecular flexibility index (Phi) is 4.07. The summed E-state index contributed by atoms with van der Waals surface area (Å²) in [6, 6.07) is 0. The van der Waals surface area contributed by atoms with Crippen LogP contribution in [-0.2, 0) is 16.1 Å². The number of amides is 2. The number of hydrogen-bond donors (Lipinski definition) is 1. The minimum Gasteiger partial charge on any atom is -0.352 e. The minimum atomic E-state index is -0.968. The smallest absolute Gasteiger partial charge is 0.352 e. The third-order valence-corrected chi connectivity index (χ3v) is 6.56. The quantitative estimate of drug-likeness (QED) is 0.682. The van der Waals surface area contributed by atoms with Gasteiger partial charge in [0, 0.05) is 18.0 Å². The molecular formula is C18H22N6O3S. The zero-order valence-electron chi connectivity index (χ0n) is 16.5. The molecule has 28 heavy (non-hydrogen) atoms. The highest BCUT2D eigenvalue weighted by Gasteiger charge is 2.40. The van der Waals surface area contributed by atoms with E-state index in [0.717, 1.165) is 20.7 Å². The molecule has 1 fully saturated rings. The number of nitrogens with zero attached hydrogens (tertiary/aromatic N) is 5. The molecule has 0 aliphatic carbocycles. The summed E-state index contributed by atoms with van der Waals surface area (Å²) in [6.07, 6.45) is 0. The van der Waals surface area contributed by atoms with Gasteiger partial charge in [0.1, 0.15) is 22.7 Å². The highest BCUT2D eigenvalue weighted by Crippen LogP contribution is 2.31. The number of carbonyl (C=O) groups excluding carboxylic acids is 2. The molecule has 0 bridgehead atoms. The van der Waals surface area contributed by atoms with Crippen molar-refractivity contribution in [1.29, 1.82) is 0 Å². The molecule has 1 saturated heterocycles. The Labute approximate surface area is 165 Å². The molecule has 10 heteroatoms. The van der Waals surface area contributed by atoms with Crippen LogP contribution >= 0.6 is 11.3 Å². The highest BCUT2D eigenvalue weighted by atomic mass is 32.1. The van der Waals surface area contributed by atoms with Crippen molar-refractivity contribution in [2.45, 2.75) is 46.7 Å². The van der Waals surface area contributed by atoms with Crippen LogP contribution in [0.25, 0.3) is 15.9 Å². The molecule has 3 aromatic rings. The molecule has 0 radical (unpaired) electrons. The Morgan fingerprint density at radius 2 is 1.96 bits per heavy atom. The molecule has 1 aliphatic rings. The van der Waals surface area contributed by atoms with Crippen molar-refractivity contribution in [2.75, 3.05) is 13.1 Å². The number of fused-ring (bicyclic) bond motifs is 3. The minimum absolute atomic E-state index is 0.208. The summed E-state index contributed by atoms with van der Waals surface area (Å²) in [7, 11) is 0. The van der Waals surface area contributed by atoms with Gasteiger partial charge in [-0.25, -0.2) is 18.9 Å². The first-order valence-corrected chi connectivity index (χ1v) is 9.89. The SMILES string of the molecule is Cc1sc2nc(C)n3c(=O)n(CC(=O)N4CCNC(=O)C4(C)C)nc3c2c1C. The molecule has 9 nitrogen and oxygen atoms in total. The van der Waals surface area contributed by atoms with Gasteiger partial charge in [-0.2, -0.15) is 0 Å². The molecule has 0 spiro atoms. The van der Waals surface area contributed by atoms with E-state index in [0.29, 0.717) is 24.6 Å². The number of thiophene rings is 1. The van der Waals surface area contributed by atoms with E-state index in [1.165, 1.54) is 14.0 Å². The predicted molar refractivity (Wildman–Crippen MR) is 106 cm³/mol. The summed E-state index contributed by atoms with van der Waals surface area (Å²) in [6.45, 7) is 9.70. The van der Waals surface area contributed by atoms with Crippen molar-refractivity contribution in [1.82, 2.24) is 29.4 Å². The van der Waals surface area contributed by atoms with Gasteiger partial charge in [0.15, 0.2) is 5.65 Å². The molecule has 0 saturated carbocycles. The van der Waals surface area contributed by atoms with Gasteiger partial charge in [0.05, 0.1) is 5.39 Å². The lowest BCUT2D eigenvalue weighted by atomic mass is 9.99. The lowest BCUT2D eigenvalue weighted by Gasteiger charge is -2.41. The number of nitrogens with one attached hydrogen (secondary N) is 1. The number of hydrogen-bond acceptors (Lipinski definition) is 6. The van der Waals surface area contributed by atoms with E-state index in [4.69, 9.17) is 0 Å². The molecule has 4 rings (SSSR count). The Bertz CT molecular complexity index is 1200. The molecule has 0 unspecified atom stereocenters. The van der Waals surface area contributed by atoms with Gasteiger partial charge in [0.2, 0.25) is 11.8 Å². The maximum atomic E-state index is 12.9. The van der Waals surface area contributed by atoms with Gasteiger partial charge in [-0.15, -0.1) is 16.4 Å². The van der Waals surface area contributed by atoms with Crippen molar-refractivity contribution >= 4 is 39.0 Å². The van der Waals surface area contributed by atoms with Gasteiger partial charge < -0.3 is 10.2 Å². The van der Waals surface area contributed by atoms with Crippen molar-refractivity contribution < 1.29 is 9.59 Å². The second-order valence-electron chi connectivity index (χ2n) is 7.58. The zero-order chi connectivity index (χ0) is 20.4. The van der Waals surface area contributed by atoms with Crippen LogP contribution in [0.5, 0.6) is 0 Å². The third kappa shape index (κ3) is 2.55. The lowest BCUT2D eigenvalue weighted by molar-refractivity contribution is -0.149. The first kappa shape index (κ1) is 18.6. The average molecular weight is 402 g/mol. The van der Waals surface area contributed by atoms with Crippen LogP contribution in [-0.4, -0.2) is 54.5 Å². The summed E-state index contributed by atoms with van der Waals surface area (Å²) < 4.78 is 2.61. The molecule has 0 atom stereocenters. The second-order valence-corrected chi connectivity index (χ2v) is 8.79. The van der Waals surface area contributed by atoms with E-state index in [-0.39, 0.29) is 18.4 Å². The highest BCUT2D eigenvalue weighted by molar-refractivity contribution is 7.18. The van der Waals surface area contributed by atoms with Crippen LogP contribution in [0.1, 0.15) is 30.1 Å². The van der Waals surface area contributed by atoms with Crippen molar-refractivity contribution in [3.05, 3.63) is 26.7 Å². The van der Waals surface area contributed by atoms with Gasteiger partial charge in [-0.1, -0.05) is 0 Å². The van der Waals surface area contributed by atoms with Gasteiger partial charge in [0.25, 0.3) is 0 Å². The van der Waals surface area contributed by atoms with Crippen LogP contribution < -0.4 is 11.0 Å². The summed E-state index contributed by atoms with van der Waals surface area (Å²) in [5.41, 5.74) is 0.176. The Morgan fingerprint density at radius 1 is 1.25 bits per heavy atom. The van der Waals surface area contributed by atoms with Crippen molar-refractivity contribution in [3.8, 4) is 0 Å². The summed E-state index contributed by atoms with van der Waals surface area (Å²) in [5, 5.41) is 8.07. The van der Waals surface area contributed by atoms with E-state index in [9.17, 15) is 14.4 Å². The number of aromatic nitrogens is 4. The first-order chi connectivity index (χ1) is 13.1. The van der Waals surface area contributed by atoms with Crippen LogP contribution in [0.4, 0.5) is 0 Å². The standard InChI is InChI=1S/C18H22N6O3S/c1-9-10(2)28-15-13(9)14-21-23(17(27)24(14)11(3)20-15)8-12(25)22-7-6-19-16(26)18(22,4)5/h6-8H2,1-5H3,(H,19,26). The Morgan fingerprint density at radius 3 is 2.68 bits per heavy atom. The summed E-state index contributed by atoms with van der Waals surface area (Å²) >= 11 is 1.56. The molecule has 1 aliphatic heterocycles. The fourth-order valence-electron chi connectivity index (χ4n) is 3.66. The topological polar surface area (TPSA) is 102 Å². The number of rotatable bonds is 2. The van der Waals surface area contributed by atoms with Crippen molar-refractivity contribution in [3.63, 3.8) is 0 Å². The molecule has 1 N–H and O–H groups in total. The molecule has 4 heterocycles. The predicted octanol–water partition coefficient (Wildman–Crippen LogP) is 0.768. The first-order valence-electron chi connectivity index (χ1n) is 9.07. The van der Waals surface area contributed by atoms with Gasteiger partial charge in [-0.3, -0.25) is 9.59 Å². The average Bonchev–Trinajstić information content (AvgIpc) is 3.07. The van der Waals surface area contributed by atoms with E-state index in [1.54, 1.807) is 32.1 Å². The van der Waals surface area contributed by atoms with Gasteiger partial charge >= 0.3 is 5.69 Å². The summed E-state index contributed by atoms with van der Waals surface area (Å²) in [5.74, 6) is 0.0103. The van der Waals surface area contributed by atoms with Crippen LogP contribution in [0, 0.1) is 20.8 Å². The van der Waals surface area contributed by atoms with Crippen LogP contribution in [0.15, 0.2) is 4.79 Å². The maximum Gasteiger partial charge on any atom is 0.352 e. The molecule has 2 amide bonds. The molecule has 3 aromatic heterocycles. The van der Waals surface area contributed by atoms with Crippen LogP contribution in [0.3, 0.4) is 0 Å². The summed E-state index contributed by atoms with van der Waals surface area (Å²) in [4.78, 5) is 45.9. The monoisotopic (exact) mass is 402 g/mol. The molecular weight excluding hydrogens is 380 g/mol. The number of carbonyl (C=O) groups is 2. The Balaban J connectivity index is 1.80. The largest absolute Gasteiger partial charge is 0.352 e. The number of piperazine rings is 1. The van der Waals surface area contributed by atoms with Crippen LogP contribution in [0.2, 0.25) is 0 Å². The van der Waals surface area contributed by atoms with E-state index >= 15 is 0 Å². The Hall–Kier alpha value is -2.75. The number of aryl methyl sites for hydroxylation is 3. The second kappa shape index (κ2) is 6.13. The third-order valence-electron chi connectivity index (χ3n) is 5.45. The maximum absolute atomic E-state index is 12.9. The van der Waals surface area contributed by atoms with Gasteiger partial charge in [-0.05, 0) is 40.2 Å². The lowest BCUT2D eigenvalue weighted by Crippen LogP contribution is -2.64.